The molecule has 3 rings (SSSR count). The predicted octanol–water partition coefficient (Wildman–Crippen LogP) is 2.72. The maximum absolute atomic E-state index is 13.2. The third kappa shape index (κ3) is 4.47. The number of rotatable bonds is 6. The minimum absolute atomic E-state index is 0.154. The minimum Gasteiger partial charge on any atom is -0.441 e. The Kier molecular flexibility index (Phi) is 5.19. The first-order chi connectivity index (χ1) is 12.7. The molecule has 2 N–H and O–H groups in total. The molecule has 0 saturated heterocycles. The van der Waals surface area contributed by atoms with Crippen LogP contribution in [0.4, 0.5) is 14.5 Å². The van der Waals surface area contributed by atoms with Crippen molar-refractivity contribution in [2.45, 2.75) is 18.2 Å². The summed E-state index contributed by atoms with van der Waals surface area (Å²) in [6.07, 6.45) is -0.154. The zero-order valence-corrected chi connectivity index (χ0v) is 14.9. The Labute approximate surface area is 153 Å². The van der Waals surface area contributed by atoms with Crippen molar-refractivity contribution in [3.63, 3.8) is 0 Å². The topological polar surface area (TPSA) is 101 Å². The summed E-state index contributed by atoms with van der Waals surface area (Å²) in [4.78, 5) is 15.7. The van der Waals surface area contributed by atoms with E-state index in [9.17, 15) is 22.0 Å². The largest absolute Gasteiger partial charge is 0.441 e. The highest BCUT2D eigenvalue weighted by Gasteiger charge is 2.16. The number of hydrogen-bond acceptors (Lipinski definition) is 5. The van der Waals surface area contributed by atoms with Crippen LogP contribution in [0.2, 0.25) is 0 Å². The van der Waals surface area contributed by atoms with Crippen molar-refractivity contribution in [2.75, 3.05) is 11.9 Å². The Morgan fingerprint density at radius 2 is 1.93 bits per heavy atom. The van der Waals surface area contributed by atoms with E-state index in [1.165, 1.54) is 0 Å². The number of fused-ring (bicyclic) bond motifs is 1. The zero-order valence-electron chi connectivity index (χ0n) is 14.1. The number of hydrogen-bond donors (Lipinski definition) is 2. The molecule has 1 aromatic heterocycles. The van der Waals surface area contributed by atoms with Crippen molar-refractivity contribution in [3.8, 4) is 0 Å². The van der Waals surface area contributed by atoms with Crippen molar-refractivity contribution in [2.24, 2.45) is 0 Å². The number of carbonyl (C=O) groups excluding carboxylic acids is 1. The van der Waals surface area contributed by atoms with Gasteiger partial charge in [0.15, 0.2) is 23.1 Å². The molecular formula is C17H15F2N3O4S. The highest BCUT2D eigenvalue weighted by molar-refractivity contribution is 7.89. The van der Waals surface area contributed by atoms with Gasteiger partial charge in [-0.25, -0.2) is 26.9 Å². The Balaban J connectivity index is 1.57. The highest BCUT2D eigenvalue weighted by Crippen LogP contribution is 2.19. The molecule has 0 aliphatic rings. The Morgan fingerprint density at radius 3 is 2.67 bits per heavy atom. The van der Waals surface area contributed by atoms with Crippen LogP contribution in [0, 0.1) is 18.6 Å². The van der Waals surface area contributed by atoms with E-state index in [0.717, 1.165) is 12.1 Å². The number of anilines is 1. The summed E-state index contributed by atoms with van der Waals surface area (Å²) in [5.41, 5.74) is 1.67. The number of amides is 1. The van der Waals surface area contributed by atoms with E-state index in [-0.39, 0.29) is 13.0 Å². The van der Waals surface area contributed by atoms with Gasteiger partial charge < -0.3 is 9.73 Å². The molecule has 3 aromatic rings. The van der Waals surface area contributed by atoms with Crippen LogP contribution in [0.15, 0.2) is 45.7 Å². The smallest absolute Gasteiger partial charge is 0.240 e. The van der Waals surface area contributed by atoms with Gasteiger partial charge >= 0.3 is 0 Å². The number of sulfonamides is 1. The second kappa shape index (κ2) is 7.41. The van der Waals surface area contributed by atoms with Crippen molar-refractivity contribution < 1.29 is 26.4 Å². The van der Waals surface area contributed by atoms with Gasteiger partial charge in [0.1, 0.15) is 5.52 Å². The maximum atomic E-state index is 13.2. The van der Waals surface area contributed by atoms with Gasteiger partial charge in [0.2, 0.25) is 15.9 Å². The lowest BCUT2D eigenvalue weighted by atomic mass is 10.2. The monoisotopic (exact) mass is 395 g/mol. The zero-order chi connectivity index (χ0) is 19.6. The quantitative estimate of drug-likeness (QED) is 0.668. The van der Waals surface area contributed by atoms with Crippen molar-refractivity contribution in [1.29, 1.82) is 0 Å². The van der Waals surface area contributed by atoms with Gasteiger partial charge in [0, 0.05) is 25.6 Å². The Morgan fingerprint density at radius 1 is 1.15 bits per heavy atom. The molecule has 0 spiro atoms. The highest BCUT2D eigenvalue weighted by atomic mass is 32.2. The van der Waals surface area contributed by atoms with Gasteiger partial charge in [-0.3, -0.25) is 4.79 Å². The summed E-state index contributed by atoms with van der Waals surface area (Å²) in [6.45, 7) is 1.50. The van der Waals surface area contributed by atoms with Crippen LogP contribution < -0.4 is 10.0 Å². The second-order valence-electron chi connectivity index (χ2n) is 5.69. The molecule has 0 unspecified atom stereocenters. The maximum Gasteiger partial charge on any atom is 0.240 e. The summed E-state index contributed by atoms with van der Waals surface area (Å²) in [5.74, 6) is -2.34. The molecule has 2 aromatic carbocycles. The third-order valence-corrected chi connectivity index (χ3v) is 5.08. The number of aryl methyl sites for hydroxylation is 1. The van der Waals surface area contributed by atoms with Crippen LogP contribution in [0.1, 0.15) is 12.3 Å². The first-order valence-electron chi connectivity index (χ1n) is 7.86. The predicted molar refractivity (Wildman–Crippen MR) is 93.5 cm³/mol. The fourth-order valence-corrected chi connectivity index (χ4v) is 3.41. The van der Waals surface area contributed by atoms with Gasteiger partial charge in [-0.1, -0.05) is 0 Å². The number of benzene rings is 2. The molecule has 1 heterocycles. The number of carbonyl (C=O) groups is 1. The number of oxazole rings is 1. The van der Waals surface area contributed by atoms with Gasteiger partial charge in [0.05, 0.1) is 4.90 Å². The van der Waals surface area contributed by atoms with E-state index in [1.807, 2.05) is 0 Å². The SMILES string of the molecule is Cc1nc2cc(NC(=O)CCNS(=O)(=O)c3ccc(F)c(F)c3)ccc2o1. The molecule has 0 bridgehead atoms. The first-order valence-corrected chi connectivity index (χ1v) is 9.35. The molecule has 10 heteroatoms. The molecule has 27 heavy (non-hydrogen) atoms. The van der Waals surface area contributed by atoms with Crippen molar-refractivity contribution in [3.05, 3.63) is 53.9 Å². The normalized spacial score (nSPS) is 11.7. The van der Waals surface area contributed by atoms with Crippen LogP contribution in [-0.4, -0.2) is 25.9 Å². The number of aromatic nitrogens is 1. The molecule has 0 atom stereocenters. The van der Waals surface area contributed by atoms with E-state index < -0.39 is 32.5 Å². The summed E-state index contributed by atoms with van der Waals surface area (Å²) in [6, 6.07) is 7.17. The lowest BCUT2D eigenvalue weighted by Gasteiger charge is -2.08. The van der Waals surface area contributed by atoms with E-state index in [0.29, 0.717) is 28.7 Å². The Bertz CT molecular complexity index is 1110. The van der Waals surface area contributed by atoms with Crippen LogP contribution in [0.25, 0.3) is 11.1 Å². The van der Waals surface area contributed by atoms with E-state index in [2.05, 4.69) is 15.0 Å². The standard InChI is InChI=1S/C17H15F2N3O4S/c1-10-21-15-8-11(2-5-16(15)26-10)22-17(23)6-7-20-27(24,25)12-3-4-13(18)14(19)9-12/h2-5,8-9,20H,6-7H2,1H3,(H,22,23). The molecule has 0 radical (unpaired) electrons. The molecule has 142 valence electrons. The van der Waals surface area contributed by atoms with Crippen LogP contribution >= 0.6 is 0 Å². The molecule has 1 amide bonds. The molecule has 0 fully saturated rings. The van der Waals surface area contributed by atoms with Crippen LogP contribution in [0.3, 0.4) is 0 Å². The number of halogens is 2. The van der Waals surface area contributed by atoms with Crippen LogP contribution in [-0.2, 0) is 14.8 Å². The summed E-state index contributed by atoms with van der Waals surface area (Å²) in [5, 5.41) is 2.62. The molecular weight excluding hydrogens is 380 g/mol. The van der Waals surface area contributed by atoms with Crippen LogP contribution in [0.5, 0.6) is 0 Å². The summed E-state index contributed by atoms with van der Waals surface area (Å²) < 4.78 is 57.6. The molecule has 0 aliphatic heterocycles. The van der Waals surface area contributed by atoms with Gasteiger partial charge in [-0.05, 0) is 36.4 Å². The molecule has 0 saturated carbocycles. The van der Waals surface area contributed by atoms with Crippen molar-refractivity contribution in [1.82, 2.24) is 9.71 Å². The summed E-state index contributed by atoms with van der Waals surface area (Å²) >= 11 is 0. The molecule has 0 aliphatic carbocycles. The average Bonchev–Trinajstić information content (AvgIpc) is 2.96. The fraction of sp³-hybridized carbons (Fsp3) is 0.176. The van der Waals surface area contributed by atoms with E-state index in [4.69, 9.17) is 4.42 Å². The van der Waals surface area contributed by atoms with Gasteiger partial charge in [0.25, 0.3) is 0 Å². The number of nitrogens with one attached hydrogen (secondary N) is 2. The van der Waals surface area contributed by atoms with Gasteiger partial charge in [-0.2, -0.15) is 0 Å². The van der Waals surface area contributed by atoms with Crippen molar-refractivity contribution >= 4 is 32.7 Å². The van der Waals surface area contributed by atoms with Gasteiger partial charge in [-0.15, -0.1) is 0 Å². The minimum atomic E-state index is -4.05. The fourth-order valence-electron chi connectivity index (χ4n) is 2.37. The Hall–Kier alpha value is -2.85. The third-order valence-electron chi connectivity index (χ3n) is 3.62. The average molecular weight is 395 g/mol. The molecule has 7 nitrogen and oxygen atoms in total. The lowest BCUT2D eigenvalue weighted by Crippen LogP contribution is -2.28. The van der Waals surface area contributed by atoms with E-state index in [1.54, 1.807) is 25.1 Å². The summed E-state index contributed by atoms with van der Waals surface area (Å²) in [7, 11) is -4.05. The number of nitrogens with zero attached hydrogens (tertiary/aromatic N) is 1. The van der Waals surface area contributed by atoms with E-state index >= 15 is 0 Å². The second-order valence-corrected chi connectivity index (χ2v) is 7.45. The first kappa shape index (κ1) is 18.9. The lowest BCUT2D eigenvalue weighted by molar-refractivity contribution is -0.116.